The minimum Gasteiger partial charge on any atom is -0.486 e. The molecule has 20 heavy (non-hydrogen) atoms. The lowest BCUT2D eigenvalue weighted by Gasteiger charge is -2.27. The molecule has 0 spiro atoms. The van der Waals surface area contributed by atoms with Crippen LogP contribution in [0, 0.1) is 5.92 Å². The summed E-state index contributed by atoms with van der Waals surface area (Å²) in [5.74, 6) is 1.98. The van der Waals surface area contributed by atoms with Crippen LogP contribution in [0.4, 0.5) is 0 Å². The zero-order valence-corrected chi connectivity index (χ0v) is 12.4. The molecule has 0 radical (unpaired) electrons. The maximum atomic E-state index is 6.45. The summed E-state index contributed by atoms with van der Waals surface area (Å²) in [6, 6.07) is 4.08. The maximum absolute atomic E-state index is 6.45. The van der Waals surface area contributed by atoms with E-state index in [1.807, 2.05) is 12.1 Å². The van der Waals surface area contributed by atoms with E-state index in [1.54, 1.807) is 0 Å². The number of halogens is 1. The summed E-state index contributed by atoms with van der Waals surface area (Å²) in [6.45, 7) is 5.78. The molecule has 2 unspecified atom stereocenters. The highest BCUT2D eigenvalue weighted by molar-refractivity contribution is 6.31. The monoisotopic (exact) mass is 297 g/mol. The molecule has 5 heteroatoms. The molecule has 3 rings (SSSR count). The Kier molecular flexibility index (Phi) is 4.34. The van der Waals surface area contributed by atoms with Crippen LogP contribution in [0.25, 0.3) is 0 Å². The summed E-state index contributed by atoms with van der Waals surface area (Å²) in [6.07, 6.45) is 1.06. The average molecular weight is 298 g/mol. The topological polar surface area (TPSA) is 39.7 Å². The highest BCUT2D eigenvalue weighted by atomic mass is 35.5. The van der Waals surface area contributed by atoms with E-state index in [-0.39, 0.29) is 6.04 Å². The van der Waals surface area contributed by atoms with E-state index < -0.39 is 0 Å². The fraction of sp³-hybridized carbons (Fsp3) is 0.600. The van der Waals surface area contributed by atoms with Gasteiger partial charge in [-0.05, 0) is 24.6 Å². The number of hydrogen-bond acceptors (Lipinski definition) is 4. The minimum atomic E-state index is 0.200. The smallest absolute Gasteiger partial charge is 0.162 e. The molecule has 0 aromatic heterocycles. The van der Waals surface area contributed by atoms with Gasteiger partial charge in [0.15, 0.2) is 11.5 Å². The molecule has 0 aliphatic carbocycles. The molecular formula is C15H20ClNO3. The molecule has 1 aromatic carbocycles. The average Bonchev–Trinajstić information content (AvgIpc) is 2.98. The van der Waals surface area contributed by atoms with Crippen molar-refractivity contribution in [2.75, 3.05) is 33.0 Å². The lowest BCUT2D eigenvalue weighted by Crippen LogP contribution is -2.29. The molecular weight excluding hydrogens is 278 g/mol. The first-order valence-corrected chi connectivity index (χ1v) is 7.57. The molecule has 0 amide bonds. The van der Waals surface area contributed by atoms with E-state index in [9.17, 15) is 0 Å². The highest BCUT2D eigenvalue weighted by Crippen LogP contribution is 2.40. The van der Waals surface area contributed by atoms with E-state index in [0.717, 1.165) is 48.3 Å². The Labute approximate surface area is 124 Å². The Hall–Kier alpha value is -0.970. The van der Waals surface area contributed by atoms with E-state index >= 15 is 0 Å². The number of benzene rings is 1. The molecule has 1 aromatic rings. The Morgan fingerprint density at radius 1 is 1.25 bits per heavy atom. The summed E-state index contributed by atoms with van der Waals surface area (Å²) >= 11 is 6.45. The molecule has 2 aliphatic heterocycles. The Morgan fingerprint density at radius 3 is 2.65 bits per heavy atom. The van der Waals surface area contributed by atoms with Gasteiger partial charge in [-0.3, -0.25) is 0 Å². The van der Waals surface area contributed by atoms with Crippen molar-refractivity contribution in [3.05, 3.63) is 22.7 Å². The number of fused-ring (bicyclic) bond motifs is 1. The standard InChI is InChI=1S/C15H20ClNO3/c1-2-17-15(10-3-4-18-9-10)11-7-13-14(8-12(11)16)20-6-5-19-13/h7-8,10,15,17H,2-6,9H2,1H3. The predicted octanol–water partition coefficient (Wildman–Crippen LogP) is 2.80. The zero-order valence-electron chi connectivity index (χ0n) is 11.7. The van der Waals surface area contributed by atoms with Gasteiger partial charge in [-0.1, -0.05) is 18.5 Å². The van der Waals surface area contributed by atoms with Gasteiger partial charge in [-0.2, -0.15) is 0 Å². The van der Waals surface area contributed by atoms with Crippen LogP contribution < -0.4 is 14.8 Å². The van der Waals surface area contributed by atoms with Crippen LogP contribution in [0.15, 0.2) is 12.1 Å². The van der Waals surface area contributed by atoms with Gasteiger partial charge in [-0.25, -0.2) is 0 Å². The summed E-state index contributed by atoms with van der Waals surface area (Å²) in [4.78, 5) is 0. The van der Waals surface area contributed by atoms with Crippen molar-refractivity contribution in [1.29, 1.82) is 0 Å². The first-order chi connectivity index (χ1) is 9.79. The second kappa shape index (κ2) is 6.20. The zero-order chi connectivity index (χ0) is 13.9. The third-order valence-corrected chi connectivity index (χ3v) is 4.18. The normalized spacial score (nSPS) is 22.8. The van der Waals surface area contributed by atoms with Crippen LogP contribution in [-0.4, -0.2) is 33.0 Å². The summed E-state index contributed by atoms with van der Waals surface area (Å²) in [5.41, 5.74) is 1.08. The number of ether oxygens (including phenoxy) is 3. The summed E-state index contributed by atoms with van der Waals surface area (Å²) in [5, 5.41) is 4.26. The van der Waals surface area contributed by atoms with Gasteiger partial charge in [-0.15, -0.1) is 0 Å². The van der Waals surface area contributed by atoms with Crippen molar-refractivity contribution in [3.63, 3.8) is 0 Å². The van der Waals surface area contributed by atoms with Crippen LogP contribution >= 0.6 is 11.6 Å². The van der Waals surface area contributed by atoms with E-state index in [2.05, 4.69) is 12.2 Å². The fourth-order valence-corrected chi connectivity index (χ4v) is 3.16. The molecule has 0 bridgehead atoms. The van der Waals surface area contributed by atoms with Crippen molar-refractivity contribution < 1.29 is 14.2 Å². The third kappa shape index (κ3) is 2.73. The van der Waals surface area contributed by atoms with Crippen molar-refractivity contribution in [2.24, 2.45) is 5.92 Å². The molecule has 1 fully saturated rings. The van der Waals surface area contributed by atoms with Crippen LogP contribution in [0.3, 0.4) is 0 Å². The fourth-order valence-electron chi connectivity index (χ4n) is 2.88. The van der Waals surface area contributed by atoms with Crippen LogP contribution in [-0.2, 0) is 4.74 Å². The maximum Gasteiger partial charge on any atom is 0.162 e. The van der Waals surface area contributed by atoms with Gasteiger partial charge in [0.1, 0.15) is 13.2 Å². The molecule has 4 nitrogen and oxygen atoms in total. The van der Waals surface area contributed by atoms with Crippen LogP contribution in [0.1, 0.15) is 24.9 Å². The van der Waals surface area contributed by atoms with Crippen LogP contribution in [0.5, 0.6) is 11.5 Å². The van der Waals surface area contributed by atoms with Gasteiger partial charge in [0, 0.05) is 29.7 Å². The Bertz CT molecular complexity index is 474. The molecule has 110 valence electrons. The van der Waals surface area contributed by atoms with E-state index in [1.165, 1.54) is 0 Å². The lowest BCUT2D eigenvalue weighted by molar-refractivity contribution is 0.169. The number of rotatable bonds is 4. The molecule has 2 heterocycles. The van der Waals surface area contributed by atoms with Gasteiger partial charge in [0.05, 0.1) is 6.61 Å². The van der Waals surface area contributed by atoms with Gasteiger partial charge in [0.25, 0.3) is 0 Å². The first kappa shape index (κ1) is 14.0. The van der Waals surface area contributed by atoms with Gasteiger partial charge in [0.2, 0.25) is 0 Å². The van der Waals surface area contributed by atoms with Crippen molar-refractivity contribution in [2.45, 2.75) is 19.4 Å². The largest absolute Gasteiger partial charge is 0.486 e. The van der Waals surface area contributed by atoms with Gasteiger partial charge < -0.3 is 19.5 Å². The molecule has 2 atom stereocenters. The second-order valence-corrected chi connectivity index (χ2v) is 5.58. The number of hydrogen-bond donors (Lipinski definition) is 1. The molecule has 2 aliphatic rings. The third-order valence-electron chi connectivity index (χ3n) is 3.86. The quantitative estimate of drug-likeness (QED) is 0.928. The van der Waals surface area contributed by atoms with E-state index in [4.69, 9.17) is 25.8 Å². The number of nitrogens with one attached hydrogen (secondary N) is 1. The molecule has 0 saturated carbocycles. The SMILES string of the molecule is CCNC(c1cc2c(cc1Cl)OCCO2)C1CCOC1. The van der Waals surface area contributed by atoms with Crippen molar-refractivity contribution in [1.82, 2.24) is 5.32 Å². The Morgan fingerprint density at radius 2 is 2.00 bits per heavy atom. The summed E-state index contributed by atoms with van der Waals surface area (Å²) < 4.78 is 16.8. The first-order valence-electron chi connectivity index (χ1n) is 7.19. The predicted molar refractivity (Wildman–Crippen MR) is 77.8 cm³/mol. The lowest BCUT2D eigenvalue weighted by atomic mass is 9.92. The molecule has 1 saturated heterocycles. The highest BCUT2D eigenvalue weighted by Gasteiger charge is 2.29. The van der Waals surface area contributed by atoms with Crippen molar-refractivity contribution >= 4 is 11.6 Å². The van der Waals surface area contributed by atoms with Crippen molar-refractivity contribution in [3.8, 4) is 11.5 Å². The Balaban J connectivity index is 1.92. The molecule has 1 N–H and O–H groups in total. The summed E-state index contributed by atoms with van der Waals surface area (Å²) in [7, 11) is 0. The second-order valence-electron chi connectivity index (χ2n) is 5.18. The van der Waals surface area contributed by atoms with Crippen LogP contribution in [0.2, 0.25) is 5.02 Å². The van der Waals surface area contributed by atoms with Gasteiger partial charge >= 0.3 is 0 Å². The van der Waals surface area contributed by atoms with E-state index in [0.29, 0.717) is 19.1 Å². The minimum absolute atomic E-state index is 0.200.